The number of carbonyl (C=O) groups is 3. The fourth-order valence-electron chi connectivity index (χ4n) is 3.11. The molecule has 3 rings (SSSR count). The van der Waals surface area contributed by atoms with E-state index in [-0.39, 0.29) is 16.4 Å². The fraction of sp³-hybridized carbons (Fsp3) is 0.286. The van der Waals surface area contributed by atoms with Crippen LogP contribution in [0.3, 0.4) is 0 Å². The van der Waals surface area contributed by atoms with Crippen molar-refractivity contribution in [3.8, 4) is 0 Å². The van der Waals surface area contributed by atoms with E-state index in [0.29, 0.717) is 29.8 Å². The zero-order chi connectivity index (χ0) is 21.2. The van der Waals surface area contributed by atoms with Crippen LogP contribution in [0, 0.1) is 6.92 Å². The smallest absolute Gasteiger partial charge is 0.338 e. The highest BCUT2D eigenvalue weighted by Gasteiger charge is 2.23. The number of ether oxygens (including phenoxy) is 1. The Bertz CT molecular complexity index is 1090. The lowest BCUT2D eigenvalue weighted by Gasteiger charge is -2.16. The maximum Gasteiger partial charge on any atom is 0.338 e. The van der Waals surface area contributed by atoms with Crippen molar-refractivity contribution in [1.82, 2.24) is 0 Å². The molecule has 7 nitrogen and oxygen atoms in total. The summed E-state index contributed by atoms with van der Waals surface area (Å²) in [6.45, 7) is 1.78. The Labute approximate surface area is 169 Å². The third-order valence-corrected chi connectivity index (χ3v) is 5.85. The highest BCUT2D eigenvalue weighted by molar-refractivity contribution is 7.90. The van der Waals surface area contributed by atoms with E-state index in [2.05, 4.69) is 0 Å². The van der Waals surface area contributed by atoms with Gasteiger partial charge in [0.2, 0.25) is 5.91 Å². The number of aryl methyl sites for hydroxylation is 1. The molecule has 0 unspecified atom stereocenters. The summed E-state index contributed by atoms with van der Waals surface area (Å²) in [6, 6.07) is 10.8. The molecule has 1 aliphatic rings. The molecule has 1 heterocycles. The van der Waals surface area contributed by atoms with Crippen molar-refractivity contribution >= 4 is 33.2 Å². The zero-order valence-electron chi connectivity index (χ0n) is 16.2. The summed E-state index contributed by atoms with van der Waals surface area (Å²) in [4.78, 5) is 38.4. The first kappa shape index (κ1) is 20.7. The van der Waals surface area contributed by atoms with E-state index in [1.807, 2.05) is 0 Å². The Hall–Kier alpha value is -3.00. The van der Waals surface area contributed by atoms with Gasteiger partial charge in [-0.15, -0.1) is 0 Å². The largest absolute Gasteiger partial charge is 0.454 e. The number of sulfone groups is 1. The molecule has 8 heteroatoms. The molecule has 0 aliphatic carbocycles. The van der Waals surface area contributed by atoms with Gasteiger partial charge < -0.3 is 9.64 Å². The van der Waals surface area contributed by atoms with Crippen LogP contribution >= 0.6 is 0 Å². The van der Waals surface area contributed by atoms with E-state index in [4.69, 9.17) is 4.74 Å². The average molecular weight is 415 g/mol. The van der Waals surface area contributed by atoms with E-state index < -0.39 is 28.2 Å². The average Bonchev–Trinajstić information content (AvgIpc) is 3.11. The van der Waals surface area contributed by atoms with Crippen molar-refractivity contribution in [2.45, 2.75) is 24.7 Å². The van der Waals surface area contributed by atoms with Crippen LogP contribution < -0.4 is 4.90 Å². The number of Topliss-reactive ketones (excluding diaryl/α,β-unsaturated/α-hetero) is 1. The number of hydrogen-bond donors (Lipinski definition) is 0. The van der Waals surface area contributed by atoms with Gasteiger partial charge in [-0.05, 0) is 43.2 Å². The maximum atomic E-state index is 12.5. The van der Waals surface area contributed by atoms with E-state index in [1.54, 1.807) is 36.1 Å². The second kappa shape index (κ2) is 8.16. The molecule has 1 fully saturated rings. The number of ketones is 1. The van der Waals surface area contributed by atoms with Crippen LogP contribution in [0.2, 0.25) is 0 Å². The van der Waals surface area contributed by atoms with Gasteiger partial charge in [0.1, 0.15) is 0 Å². The van der Waals surface area contributed by atoms with Gasteiger partial charge >= 0.3 is 5.97 Å². The second-order valence-corrected chi connectivity index (χ2v) is 8.96. The molecule has 0 atom stereocenters. The Kier molecular flexibility index (Phi) is 5.83. The van der Waals surface area contributed by atoms with Gasteiger partial charge in [0.15, 0.2) is 22.2 Å². The van der Waals surface area contributed by atoms with Crippen LogP contribution in [0.4, 0.5) is 5.69 Å². The number of anilines is 1. The number of carbonyl (C=O) groups excluding carboxylic acids is 3. The van der Waals surface area contributed by atoms with Crippen molar-refractivity contribution in [3.05, 3.63) is 59.2 Å². The van der Waals surface area contributed by atoms with Crippen LogP contribution in [0.25, 0.3) is 0 Å². The summed E-state index contributed by atoms with van der Waals surface area (Å²) in [6.07, 6.45) is 2.32. The van der Waals surface area contributed by atoms with Crippen LogP contribution in [0.5, 0.6) is 0 Å². The third kappa shape index (κ3) is 4.71. The van der Waals surface area contributed by atoms with Crippen molar-refractivity contribution in [3.63, 3.8) is 0 Å². The minimum atomic E-state index is -3.47. The molecule has 1 aliphatic heterocycles. The summed E-state index contributed by atoms with van der Waals surface area (Å²) < 4.78 is 28.5. The summed E-state index contributed by atoms with van der Waals surface area (Å²) in [5, 5.41) is 0. The third-order valence-electron chi connectivity index (χ3n) is 4.74. The number of benzene rings is 2. The predicted molar refractivity (Wildman–Crippen MR) is 107 cm³/mol. The molecule has 0 bridgehead atoms. The van der Waals surface area contributed by atoms with Gasteiger partial charge in [0.05, 0.1) is 10.5 Å². The molecule has 1 amide bonds. The van der Waals surface area contributed by atoms with E-state index in [1.165, 1.54) is 18.2 Å². The number of nitrogens with zero attached hydrogens (tertiary/aromatic N) is 1. The monoisotopic (exact) mass is 415 g/mol. The van der Waals surface area contributed by atoms with Crippen molar-refractivity contribution in [2.75, 3.05) is 24.3 Å². The second-order valence-electron chi connectivity index (χ2n) is 6.95. The Morgan fingerprint density at radius 1 is 1.14 bits per heavy atom. The molecule has 0 radical (unpaired) electrons. The minimum absolute atomic E-state index is 0.00404. The van der Waals surface area contributed by atoms with Crippen molar-refractivity contribution in [1.29, 1.82) is 0 Å². The summed E-state index contributed by atoms with van der Waals surface area (Å²) in [5.41, 5.74) is 1.61. The number of esters is 1. The zero-order valence-corrected chi connectivity index (χ0v) is 17.0. The topological polar surface area (TPSA) is 97.8 Å². The maximum absolute atomic E-state index is 12.5. The lowest BCUT2D eigenvalue weighted by atomic mass is 10.1. The highest BCUT2D eigenvalue weighted by Crippen LogP contribution is 2.23. The molecule has 152 valence electrons. The van der Waals surface area contributed by atoms with Gasteiger partial charge in [0.25, 0.3) is 0 Å². The Morgan fingerprint density at radius 3 is 2.55 bits per heavy atom. The lowest BCUT2D eigenvalue weighted by Crippen LogP contribution is -2.24. The lowest BCUT2D eigenvalue weighted by molar-refractivity contribution is -0.117. The SMILES string of the molecule is Cc1ccc(S(C)(=O)=O)cc1C(=O)OCC(=O)c1cccc(N2CCCC2=O)c1. The standard InChI is InChI=1S/C21H21NO6S/c1-14-8-9-17(29(2,26)27)12-18(14)21(25)28-13-19(23)15-5-3-6-16(11-15)22-10-4-7-20(22)24/h3,5-6,8-9,11-12H,4,7,10,13H2,1-2H3. The molecule has 2 aromatic carbocycles. The van der Waals surface area contributed by atoms with Crippen LogP contribution in [-0.4, -0.2) is 45.5 Å². The van der Waals surface area contributed by atoms with Crippen LogP contribution in [0.15, 0.2) is 47.4 Å². The minimum Gasteiger partial charge on any atom is -0.454 e. The number of hydrogen-bond acceptors (Lipinski definition) is 6. The molecule has 0 aromatic heterocycles. The summed E-state index contributed by atoms with van der Waals surface area (Å²) in [7, 11) is -3.47. The number of amides is 1. The Morgan fingerprint density at radius 2 is 1.90 bits per heavy atom. The molecule has 0 saturated carbocycles. The van der Waals surface area contributed by atoms with Crippen molar-refractivity contribution in [2.24, 2.45) is 0 Å². The molecule has 29 heavy (non-hydrogen) atoms. The molecule has 2 aromatic rings. The highest BCUT2D eigenvalue weighted by atomic mass is 32.2. The molecule has 0 N–H and O–H groups in total. The molecule has 0 spiro atoms. The van der Waals surface area contributed by atoms with Crippen molar-refractivity contribution < 1.29 is 27.5 Å². The molecular formula is C21H21NO6S. The first-order valence-corrected chi connectivity index (χ1v) is 11.0. The quantitative estimate of drug-likeness (QED) is 0.531. The van der Waals surface area contributed by atoms with Crippen LogP contribution in [0.1, 0.15) is 39.1 Å². The Balaban J connectivity index is 1.71. The van der Waals surface area contributed by atoms with Gasteiger partial charge in [-0.3, -0.25) is 9.59 Å². The first-order valence-electron chi connectivity index (χ1n) is 9.08. The van der Waals surface area contributed by atoms with E-state index in [9.17, 15) is 22.8 Å². The fourth-order valence-corrected chi connectivity index (χ4v) is 3.76. The predicted octanol–water partition coefficient (Wildman–Crippen LogP) is 2.57. The van der Waals surface area contributed by atoms with Crippen LogP contribution in [-0.2, 0) is 19.4 Å². The van der Waals surface area contributed by atoms with Gasteiger partial charge in [0, 0.05) is 30.5 Å². The summed E-state index contributed by atoms with van der Waals surface area (Å²) in [5.74, 6) is -1.17. The van der Waals surface area contributed by atoms with E-state index in [0.717, 1.165) is 12.7 Å². The van der Waals surface area contributed by atoms with Gasteiger partial charge in [-0.1, -0.05) is 18.2 Å². The number of rotatable bonds is 6. The first-order chi connectivity index (χ1) is 13.7. The van der Waals surface area contributed by atoms with Gasteiger partial charge in [-0.2, -0.15) is 0 Å². The molecular weight excluding hydrogens is 394 g/mol. The van der Waals surface area contributed by atoms with E-state index >= 15 is 0 Å². The summed E-state index contributed by atoms with van der Waals surface area (Å²) >= 11 is 0. The van der Waals surface area contributed by atoms with Gasteiger partial charge in [-0.25, -0.2) is 13.2 Å². The normalized spacial score (nSPS) is 14.1. The molecule has 1 saturated heterocycles.